The summed E-state index contributed by atoms with van der Waals surface area (Å²) in [6.45, 7) is 1.87. The van der Waals surface area contributed by atoms with E-state index in [9.17, 15) is 14.4 Å². The van der Waals surface area contributed by atoms with Gasteiger partial charge in [-0.1, -0.05) is 55.5 Å². The molecule has 0 bridgehead atoms. The number of aliphatic hydroxyl groups is 1. The van der Waals surface area contributed by atoms with Gasteiger partial charge in [0.25, 0.3) is 0 Å². The minimum atomic E-state index is -1.07. The Labute approximate surface area is 193 Å². The van der Waals surface area contributed by atoms with Gasteiger partial charge in [0, 0.05) is 25.0 Å². The van der Waals surface area contributed by atoms with Crippen LogP contribution in [0, 0.1) is 0 Å². The number of fused-ring (bicyclic) bond motifs is 3. The molecule has 8 nitrogen and oxygen atoms in total. The molecule has 8 heteroatoms. The van der Waals surface area contributed by atoms with E-state index < -0.39 is 24.0 Å². The van der Waals surface area contributed by atoms with Crippen molar-refractivity contribution < 1.29 is 29.3 Å². The molecule has 2 amide bonds. The van der Waals surface area contributed by atoms with Gasteiger partial charge in [-0.3, -0.25) is 9.59 Å². The molecule has 1 aliphatic rings. The maximum absolute atomic E-state index is 12.7. The van der Waals surface area contributed by atoms with E-state index in [1.165, 1.54) is 0 Å². The average molecular weight is 455 g/mol. The van der Waals surface area contributed by atoms with Crippen LogP contribution < -0.4 is 10.6 Å². The summed E-state index contributed by atoms with van der Waals surface area (Å²) in [6.07, 6.45) is -0.154. The molecule has 0 aliphatic heterocycles. The van der Waals surface area contributed by atoms with E-state index in [2.05, 4.69) is 10.6 Å². The lowest BCUT2D eigenvalue weighted by atomic mass is 9.98. The first-order valence-corrected chi connectivity index (χ1v) is 11.2. The number of aliphatic carboxylic acids is 1. The van der Waals surface area contributed by atoms with Crippen LogP contribution in [-0.2, 0) is 14.3 Å². The van der Waals surface area contributed by atoms with E-state index in [1.807, 2.05) is 55.5 Å². The Morgan fingerprint density at radius 2 is 1.58 bits per heavy atom. The molecule has 33 heavy (non-hydrogen) atoms. The van der Waals surface area contributed by atoms with Gasteiger partial charge in [-0.15, -0.1) is 0 Å². The minimum Gasteiger partial charge on any atom is -0.481 e. The molecule has 176 valence electrons. The van der Waals surface area contributed by atoms with Gasteiger partial charge in [0.2, 0.25) is 5.91 Å². The molecule has 0 aromatic heterocycles. The second-order valence-electron chi connectivity index (χ2n) is 8.08. The quantitative estimate of drug-likeness (QED) is 0.414. The van der Waals surface area contributed by atoms with Gasteiger partial charge in [-0.25, -0.2) is 4.79 Å². The number of carbonyl (C=O) groups is 3. The lowest BCUT2D eigenvalue weighted by molar-refractivity contribution is -0.137. The summed E-state index contributed by atoms with van der Waals surface area (Å²) in [5.74, 6) is -1.68. The fourth-order valence-electron chi connectivity index (χ4n) is 4.15. The number of ether oxygens (including phenoxy) is 1. The average Bonchev–Trinajstić information content (AvgIpc) is 3.13. The van der Waals surface area contributed by atoms with Crippen molar-refractivity contribution in [2.75, 3.05) is 13.2 Å². The molecule has 0 saturated heterocycles. The number of amides is 2. The van der Waals surface area contributed by atoms with E-state index in [-0.39, 0.29) is 38.0 Å². The Balaban J connectivity index is 1.65. The topological polar surface area (TPSA) is 125 Å². The molecule has 0 fully saturated rings. The van der Waals surface area contributed by atoms with Crippen LogP contribution in [0.15, 0.2) is 48.5 Å². The van der Waals surface area contributed by atoms with Crippen molar-refractivity contribution in [1.82, 2.24) is 10.6 Å². The van der Waals surface area contributed by atoms with Crippen LogP contribution in [0.1, 0.15) is 49.7 Å². The molecule has 2 aromatic rings. The van der Waals surface area contributed by atoms with Crippen LogP contribution in [0.2, 0.25) is 0 Å². The smallest absolute Gasteiger partial charge is 0.407 e. The van der Waals surface area contributed by atoms with Crippen molar-refractivity contribution >= 4 is 18.0 Å². The second kappa shape index (κ2) is 11.5. The van der Waals surface area contributed by atoms with Crippen molar-refractivity contribution in [3.05, 3.63) is 59.7 Å². The molecule has 2 aromatic carbocycles. The molecule has 2 unspecified atom stereocenters. The van der Waals surface area contributed by atoms with Crippen LogP contribution in [-0.4, -0.2) is 53.5 Å². The standard InChI is InChI=1S/C25H30N2O6/c1-2-16(13-14-28)26-24(31)22(11-12-23(29)30)27-25(32)33-15-21-19-9-5-3-7-17(19)18-8-4-6-10-20(18)21/h3-10,16,21-22,28H,2,11-15H2,1H3,(H,26,31)(H,27,32)(H,29,30). The molecule has 0 heterocycles. The molecule has 4 N–H and O–H groups in total. The molecule has 0 radical (unpaired) electrons. The highest BCUT2D eigenvalue weighted by atomic mass is 16.5. The van der Waals surface area contributed by atoms with Crippen molar-refractivity contribution in [2.24, 2.45) is 0 Å². The third kappa shape index (κ3) is 6.10. The number of alkyl carbamates (subject to hydrolysis) is 1. The van der Waals surface area contributed by atoms with Gasteiger partial charge < -0.3 is 25.6 Å². The number of hydrogen-bond acceptors (Lipinski definition) is 5. The monoisotopic (exact) mass is 454 g/mol. The predicted octanol–water partition coefficient (Wildman–Crippen LogP) is 3.04. The highest BCUT2D eigenvalue weighted by molar-refractivity contribution is 5.86. The highest BCUT2D eigenvalue weighted by Crippen LogP contribution is 2.44. The van der Waals surface area contributed by atoms with Crippen molar-refractivity contribution in [3.8, 4) is 11.1 Å². The number of carboxylic acid groups (broad SMARTS) is 1. The van der Waals surface area contributed by atoms with E-state index in [4.69, 9.17) is 14.9 Å². The summed E-state index contributed by atoms with van der Waals surface area (Å²) >= 11 is 0. The molecule has 2 atom stereocenters. The van der Waals surface area contributed by atoms with Crippen LogP contribution in [0.25, 0.3) is 11.1 Å². The van der Waals surface area contributed by atoms with Crippen LogP contribution in [0.5, 0.6) is 0 Å². The van der Waals surface area contributed by atoms with Crippen molar-refractivity contribution in [3.63, 3.8) is 0 Å². The Morgan fingerprint density at radius 1 is 0.970 bits per heavy atom. The summed E-state index contributed by atoms with van der Waals surface area (Å²) in [5.41, 5.74) is 4.36. The third-order valence-corrected chi connectivity index (χ3v) is 5.92. The van der Waals surface area contributed by atoms with Gasteiger partial charge >= 0.3 is 12.1 Å². The number of nitrogens with one attached hydrogen (secondary N) is 2. The zero-order chi connectivity index (χ0) is 23.8. The number of rotatable bonds is 11. The largest absolute Gasteiger partial charge is 0.481 e. The molecule has 3 rings (SSSR count). The molecular formula is C25H30N2O6. The second-order valence-corrected chi connectivity index (χ2v) is 8.08. The van der Waals surface area contributed by atoms with Crippen LogP contribution in [0.3, 0.4) is 0 Å². The minimum absolute atomic E-state index is 0.0685. The maximum atomic E-state index is 12.7. The van der Waals surface area contributed by atoms with E-state index in [1.54, 1.807) is 0 Å². The first-order chi connectivity index (χ1) is 15.9. The summed E-state index contributed by atoms with van der Waals surface area (Å²) in [4.78, 5) is 36.2. The number of benzene rings is 2. The fourth-order valence-corrected chi connectivity index (χ4v) is 4.15. The summed E-state index contributed by atoms with van der Waals surface area (Å²) in [7, 11) is 0. The van der Waals surface area contributed by atoms with Crippen molar-refractivity contribution in [1.29, 1.82) is 0 Å². The molecule has 0 spiro atoms. The zero-order valence-electron chi connectivity index (χ0n) is 18.6. The lowest BCUT2D eigenvalue weighted by Gasteiger charge is -2.22. The number of hydrogen-bond donors (Lipinski definition) is 4. The Hall–Kier alpha value is -3.39. The van der Waals surface area contributed by atoms with Gasteiger partial charge in [0.15, 0.2) is 0 Å². The Kier molecular flexibility index (Phi) is 8.43. The number of carboxylic acids is 1. The summed E-state index contributed by atoms with van der Waals surface area (Å²) in [5, 5.41) is 23.4. The zero-order valence-corrected chi connectivity index (χ0v) is 18.6. The number of carbonyl (C=O) groups excluding carboxylic acids is 2. The molecular weight excluding hydrogens is 424 g/mol. The van der Waals surface area contributed by atoms with Gasteiger partial charge in [0.1, 0.15) is 12.6 Å². The van der Waals surface area contributed by atoms with E-state index >= 15 is 0 Å². The fraction of sp³-hybridized carbons (Fsp3) is 0.400. The Morgan fingerprint density at radius 3 is 2.12 bits per heavy atom. The molecule has 0 saturated carbocycles. The van der Waals surface area contributed by atoms with Crippen LogP contribution >= 0.6 is 0 Å². The van der Waals surface area contributed by atoms with E-state index in [0.717, 1.165) is 22.3 Å². The Bertz CT molecular complexity index is 947. The molecule has 1 aliphatic carbocycles. The first kappa shape index (κ1) is 24.3. The van der Waals surface area contributed by atoms with Gasteiger partial charge in [-0.05, 0) is 41.5 Å². The predicted molar refractivity (Wildman–Crippen MR) is 123 cm³/mol. The van der Waals surface area contributed by atoms with E-state index in [0.29, 0.717) is 12.8 Å². The van der Waals surface area contributed by atoms with Crippen LogP contribution in [0.4, 0.5) is 4.79 Å². The van der Waals surface area contributed by atoms with Gasteiger partial charge in [-0.2, -0.15) is 0 Å². The number of aliphatic hydroxyl groups excluding tert-OH is 1. The highest BCUT2D eigenvalue weighted by Gasteiger charge is 2.30. The lowest BCUT2D eigenvalue weighted by Crippen LogP contribution is -2.50. The third-order valence-electron chi connectivity index (χ3n) is 5.92. The summed E-state index contributed by atoms with van der Waals surface area (Å²) < 4.78 is 5.49. The first-order valence-electron chi connectivity index (χ1n) is 11.2. The normalized spacial score (nSPS) is 14.0. The summed E-state index contributed by atoms with van der Waals surface area (Å²) in [6, 6.07) is 14.6. The maximum Gasteiger partial charge on any atom is 0.407 e. The van der Waals surface area contributed by atoms with Gasteiger partial charge in [0.05, 0.1) is 0 Å². The van der Waals surface area contributed by atoms with Crippen molar-refractivity contribution in [2.45, 2.75) is 50.6 Å². The SMILES string of the molecule is CCC(CCO)NC(=O)C(CCC(=O)O)NC(=O)OCC1c2ccccc2-c2ccccc21.